The number of amides is 1. The third-order valence-electron chi connectivity index (χ3n) is 2.07. The molecule has 1 unspecified atom stereocenters. The van der Waals surface area contributed by atoms with Crippen LogP contribution in [0.25, 0.3) is 0 Å². The molecule has 0 fully saturated rings. The van der Waals surface area contributed by atoms with Crippen LogP contribution in [0.5, 0.6) is 0 Å². The molecule has 1 rings (SSSR count). The molecule has 0 aliphatic carbocycles. The number of carbonyl (C=O) groups is 2. The average Bonchev–Trinajstić information content (AvgIpc) is 2.77. The Hall–Kier alpha value is -1.47. The van der Waals surface area contributed by atoms with E-state index in [1.165, 1.54) is 16.2 Å². The van der Waals surface area contributed by atoms with Crippen LogP contribution in [0.4, 0.5) is 5.13 Å². The summed E-state index contributed by atoms with van der Waals surface area (Å²) < 4.78 is 0. The first kappa shape index (κ1) is 12.6. The molecule has 16 heavy (non-hydrogen) atoms. The Morgan fingerprint density at radius 2 is 2.38 bits per heavy atom. The maximum absolute atomic E-state index is 11.6. The monoisotopic (exact) mass is 243 g/mol. The second-order valence-corrected chi connectivity index (χ2v) is 4.12. The van der Waals surface area contributed by atoms with Crippen LogP contribution >= 0.6 is 11.3 Å². The van der Waals surface area contributed by atoms with Gasteiger partial charge >= 0.3 is 5.97 Å². The number of hydrogen-bond donors (Lipinski definition) is 2. The molecule has 1 heterocycles. The summed E-state index contributed by atoms with van der Waals surface area (Å²) in [6.07, 6.45) is 1.83. The molecular weight excluding hydrogens is 230 g/mol. The summed E-state index contributed by atoms with van der Waals surface area (Å²) in [6, 6.07) is -0.992. The van der Waals surface area contributed by atoms with Crippen LogP contribution in [0.15, 0.2) is 11.6 Å². The zero-order valence-electron chi connectivity index (χ0n) is 8.79. The highest BCUT2D eigenvalue weighted by Crippen LogP contribution is 2.16. The Morgan fingerprint density at radius 1 is 1.69 bits per heavy atom. The predicted octanol–water partition coefficient (Wildman–Crippen LogP) is 0.298. The highest BCUT2D eigenvalue weighted by atomic mass is 32.1. The summed E-state index contributed by atoms with van der Waals surface area (Å²) in [5.74, 6) is -1.28. The number of thiazole rings is 1. The van der Waals surface area contributed by atoms with Crippen LogP contribution in [0, 0.1) is 0 Å². The molecule has 0 aromatic carbocycles. The van der Waals surface area contributed by atoms with Crippen molar-refractivity contribution >= 4 is 28.3 Å². The molecule has 7 heteroatoms. The van der Waals surface area contributed by atoms with Crippen molar-refractivity contribution < 1.29 is 14.7 Å². The summed E-state index contributed by atoms with van der Waals surface area (Å²) >= 11 is 1.35. The second kappa shape index (κ2) is 5.57. The van der Waals surface area contributed by atoms with E-state index in [1.807, 2.05) is 0 Å². The summed E-state index contributed by atoms with van der Waals surface area (Å²) in [5, 5.41) is 10.9. The van der Waals surface area contributed by atoms with Crippen LogP contribution < -0.4 is 10.6 Å². The number of rotatable bonds is 5. The van der Waals surface area contributed by atoms with Crippen molar-refractivity contribution in [2.45, 2.75) is 18.9 Å². The summed E-state index contributed by atoms with van der Waals surface area (Å²) in [6.45, 7) is 0. The summed E-state index contributed by atoms with van der Waals surface area (Å²) in [4.78, 5) is 27.4. The Labute approximate surface area is 96.7 Å². The highest BCUT2D eigenvalue weighted by molar-refractivity contribution is 7.13. The zero-order chi connectivity index (χ0) is 12.1. The number of carboxylic acid groups (broad SMARTS) is 1. The van der Waals surface area contributed by atoms with Crippen molar-refractivity contribution in [3.8, 4) is 0 Å². The number of nitrogens with two attached hydrogens (primary N) is 1. The number of nitrogens with zero attached hydrogens (tertiary/aromatic N) is 2. The smallest absolute Gasteiger partial charge is 0.320 e. The third-order valence-corrected chi connectivity index (χ3v) is 2.91. The van der Waals surface area contributed by atoms with E-state index < -0.39 is 12.0 Å². The van der Waals surface area contributed by atoms with Crippen LogP contribution in [0.2, 0.25) is 0 Å². The molecule has 88 valence electrons. The molecular formula is C9H13N3O3S. The molecule has 6 nitrogen and oxygen atoms in total. The van der Waals surface area contributed by atoms with Gasteiger partial charge in [-0.1, -0.05) is 0 Å². The van der Waals surface area contributed by atoms with Gasteiger partial charge in [0, 0.05) is 25.0 Å². The lowest BCUT2D eigenvalue weighted by Gasteiger charge is -2.14. The fraction of sp³-hybridized carbons (Fsp3) is 0.444. The number of hydrogen-bond acceptors (Lipinski definition) is 5. The lowest BCUT2D eigenvalue weighted by molar-refractivity contribution is -0.138. The van der Waals surface area contributed by atoms with Gasteiger partial charge in [0.15, 0.2) is 5.13 Å². The highest BCUT2D eigenvalue weighted by Gasteiger charge is 2.17. The standard InChI is InChI=1S/C9H13N3O3S/c1-12(9-11-4-5-16-9)7(13)3-2-6(10)8(14)15/h4-6H,2-3,10H2,1H3,(H,14,15). The number of aromatic nitrogens is 1. The summed E-state index contributed by atoms with van der Waals surface area (Å²) in [5.41, 5.74) is 5.30. The van der Waals surface area contributed by atoms with Gasteiger partial charge in [-0.15, -0.1) is 11.3 Å². The van der Waals surface area contributed by atoms with E-state index in [1.54, 1.807) is 18.6 Å². The molecule has 1 aromatic rings. The fourth-order valence-electron chi connectivity index (χ4n) is 1.06. The lowest BCUT2D eigenvalue weighted by Crippen LogP contribution is -2.33. The van der Waals surface area contributed by atoms with Crippen LogP contribution in [0.3, 0.4) is 0 Å². The average molecular weight is 243 g/mol. The quantitative estimate of drug-likeness (QED) is 0.775. The fourth-order valence-corrected chi connectivity index (χ4v) is 1.68. The number of anilines is 1. The number of carbonyl (C=O) groups excluding carboxylic acids is 1. The topological polar surface area (TPSA) is 96.5 Å². The molecule has 0 aliphatic rings. The van der Waals surface area contributed by atoms with Gasteiger partial charge in [-0.25, -0.2) is 4.98 Å². The molecule has 0 radical (unpaired) electrons. The van der Waals surface area contributed by atoms with Gasteiger partial charge in [-0.05, 0) is 6.42 Å². The molecule has 0 bridgehead atoms. The molecule has 0 spiro atoms. The minimum Gasteiger partial charge on any atom is -0.480 e. The second-order valence-electron chi connectivity index (χ2n) is 3.25. The lowest BCUT2D eigenvalue weighted by atomic mass is 10.1. The van der Waals surface area contributed by atoms with E-state index in [9.17, 15) is 9.59 Å². The Balaban J connectivity index is 2.44. The normalized spacial score (nSPS) is 12.1. The molecule has 1 aromatic heterocycles. The van der Waals surface area contributed by atoms with Gasteiger partial charge in [0.25, 0.3) is 0 Å². The molecule has 1 atom stereocenters. The van der Waals surface area contributed by atoms with Crippen LogP contribution in [-0.2, 0) is 9.59 Å². The van der Waals surface area contributed by atoms with Gasteiger partial charge < -0.3 is 10.8 Å². The van der Waals surface area contributed by atoms with Crippen LogP contribution in [-0.4, -0.2) is 35.1 Å². The first-order valence-electron chi connectivity index (χ1n) is 4.67. The molecule has 0 saturated heterocycles. The first-order valence-corrected chi connectivity index (χ1v) is 5.54. The van der Waals surface area contributed by atoms with Crippen molar-refractivity contribution in [2.24, 2.45) is 5.73 Å². The molecule has 1 amide bonds. The van der Waals surface area contributed by atoms with Gasteiger partial charge in [0.05, 0.1) is 0 Å². The van der Waals surface area contributed by atoms with E-state index in [4.69, 9.17) is 10.8 Å². The minimum absolute atomic E-state index is 0.101. The third kappa shape index (κ3) is 3.28. The Morgan fingerprint density at radius 3 is 2.88 bits per heavy atom. The largest absolute Gasteiger partial charge is 0.480 e. The van der Waals surface area contributed by atoms with Gasteiger partial charge in [0.1, 0.15) is 6.04 Å². The number of carboxylic acids is 1. The van der Waals surface area contributed by atoms with Gasteiger partial charge in [-0.3, -0.25) is 14.5 Å². The SMILES string of the molecule is CN(C(=O)CCC(N)C(=O)O)c1nccs1. The van der Waals surface area contributed by atoms with Crippen molar-refractivity contribution in [3.05, 3.63) is 11.6 Å². The zero-order valence-corrected chi connectivity index (χ0v) is 9.61. The predicted molar refractivity (Wildman–Crippen MR) is 60.4 cm³/mol. The van der Waals surface area contributed by atoms with E-state index >= 15 is 0 Å². The van der Waals surface area contributed by atoms with E-state index in [0.717, 1.165) is 0 Å². The van der Waals surface area contributed by atoms with Crippen molar-refractivity contribution in [2.75, 3.05) is 11.9 Å². The van der Waals surface area contributed by atoms with Crippen molar-refractivity contribution in [3.63, 3.8) is 0 Å². The van der Waals surface area contributed by atoms with Gasteiger partial charge in [0.2, 0.25) is 5.91 Å². The number of aliphatic carboxylic acids is 1. The van der Waals surface area contributed by atoms with Crippen molar-refractivity contribution in [1.29, 1.82) is 0 Å². The van der Waals surface area contributed by atoms with Crippen LogP contribution in [0.1, 0.15) is 12.8 Å². The molecule has 0 saturated carbocycles. The van der Waals surface area contributed by atoms with E-state index in [0.29, 0.717) is 5.13 Å². The Kier molecular flexibility index (Phi) is 4.39. The minimum atomic E-state index is -1.09. The molecule has 0 aliphatic heterocycles. The van der Waals surface area contributed by atoms with E-state index in [-0.39, 0.29) is 18.7 Å². The first-order chi connectivity index (χ1) is 7.52. The van der Waals surface area contributed by atoms with Crippen molar-refractivity contribution in [1.82, 2.24) is 4.98 Å². The Bertz CT molecular complexity index is 366. The molecule has 3 N–H and O–H groups in total. The maximum atomic E-state index is 11.6. The maximum Gasteiger partial charge on any atom is 0.320 e. The van der Waals surface area contributed by atoms with Gasteiger partial charge in [-0.2, -0.15) is 0 Å². The summed E-state index contributed by atoms with van der Waals surface area (Å²) in [7, 11) is 1.60. The van der Waals surface area contributed by atoms with E-state index in [2.05, 4.69) is 4.98 Å².